The molecule has 0 saturated carbocycles. The fourth-order valence-corrected chi connectivity index (χ4v) is 10.2. The number of non-ortho nitro benzene ring substituents is 1. The summed E-state index contributed by atoms with van der Waals surface area (Å²) in [6.45, 7) is 10.1. The lowest BCUT2D eigenvalue weighted by Gasteiger charge is -2.66. The molecule has 6 aromatic rings. The second-order valence-electron chi connectivity index (χ2n) is 20.3. The molecule has 2 aliphatic heterocycles. The van der Waals surface area contributed by atoms with Gasteiger partial charge in [0.05, 0.1) is 78.1 Å². The molecule has 19 heteroatoms. The molecule has 0 spiro atoms. The second kappa shape index (κ2) is 21.3. The maximum Gasteiger partial charge on any atom is 0.357 e. The smallest absolute Gasteiger partial charge is 0.357 e. The molecule has 4 atom stereocenters. The van der Waals surface area contributed by atoms with E-state index in [0.29, 0.717) is 39.7 Å². The fourth-order valence-electron chi connectivity index (χ4n) is 10.2. The molecular formula is C55H58N8O11. The molecular weight excluding hydrogens is 949 g/mol. The Morgan fingerprint density at radius 1 is 0.622 bits per heavy atom. The van der Waals surface area contributed by atoms with E-state index in [4.69, 9.17) is 43.6 Å². The van der Waals surface area contributed by atoms with Crippen molar-refractivity contribution in [2.24, 2.45) is 10.8 Å². The summed E-state index contributed by atoms with van der Waals surface area (Å²) in [6, 6.07) is 29.7. The molecule has 7 heterocycles. The van der Waals surface area contributed by atoms with Gasteiger partial charge in [0.15, 0.2) is 0 Å². The number of esters is 4. The summed E-state index contributed by atoms with van der Waals surface area (Å²) < 4.78 is 30.2. The Bertz CT molecular complexity index is 2950. The number of piperidine rings is 2. The number of nitro groups is 1. The molecule has 2 fully saturated rings. The van der Waals surface area contributed by atoms with Crippen molar-refractivity contribution in [1.82, 2.24) is 34.7 Å². The Labute approximate surface area is 428 Å². The van der Waals surface area contributed by atoms with Crippen LogP contribution in [0, 0.1) is 20.9 Å². The van der Waals surface area contributed by atoms with E-state index in [2.05, 4.69) is 4.98 Å². The summed E-state index contributed by atoms with van der Waals surface area (Å²) >= 11 is 0. The third kappa shape index (κ3) is 10.9. The lowest BCUT2D eigenvalue weighted by Crippen LogP contribution is -2.77. The normalized spacial score (nSPS) is 21.0. The number of carbonyl (C=O) groups is 4. The summed E-state index contributed by atoms with van der Waals surface area (Å²) in [6.07, 6.45) is 1.84. The van der Waals surface area contributed by atoms with Gasteiger partial charge in [-0.15, -0.1) is 0 Å². The van der Waals surface area contributed by atoms with E-state index in [1.807, 2.05) is 15.9 Å². The standard InChI is InChI=1S/C55H58N8O11/c1-52(2,3)73-47(64)43-22-14-16-36(59-43)30-61-33-54(50(66)70-7)45(41-18-9-11-28-56-41)62(31-37-17-13-20-39(58-37)40-21-15-23-44(60-40)48(65)74-53(4,5)6)46(42-19-10-12-29-57-42)55(34-61,51(67)71-8)49(54)72-32-35-24-26-38(27-25-35)63(68)69/h9-29,45-46,49H,30-34H2,1-8H3. The van der Waals surface area contributed by atoms with Crippen LogP contribution in [0.15, 0.2) is 128 Å². The molecule has 19 nitrogen and oxygen atoms in total. The molecule has 8 rings (SSSR count). The number of nitro benzene ring substituents is 1. The topological polar surface area (TPSA) is 228 Å². The Morgan fingerprint density at radius 3 is 1.59 bits per heavy atom. The number of fused-ring (bicyclic) bond motifs is 2. The van der Waals surface area contributed by atoms with Crippen LogP contribution in [0.4, 0.5) is 5.69 Å². The molecule has 1 aromatic carbocycles. The summed E-state index contributed by atoms with van der Waals surface area (Å²) in [5.74, 6) is -2.72. The first-order valence-electron chi connectivity index (χ1n) is 23.9. The SMILES string of the molecule is COC(=O)C12CN(Cc3cccc(C(=O)OC(C)(C)C)n3)CC(C(=O)OC)(C(c3ccccn3)N(Cc3cccc(-c4cccc(C(=O)OC(C)(C)C)n4)n3)C1c1ccccn1)C2OCc1ccc([N+](=O)[O-])cc1. The number of pyridine rings is 5. The van der Waals surface area contributed by atoms with Gasteiger partial charge in [0.1, 0.15) is 33.4 Å². The minimum Gasteiger partial charge on any atom is -0.468 e. The van der Waals surface area contributed by atoms with Gasteiger partial charge < -0.3 is 23.7 Å². The van der Waals surface area contributed by atoms with Gasteiger partial charge in [0.25, 0.3) is 5.69 Å². The molecule has 2 bridgehead atoms. The van der Waals surface area contributed by atoms with E-state index in [1.165, 1.54) is 26.4 Å². The number of hydrogen-bond donors (Lipinski definition) is 0. The maximum atomic E-state index is 15.6. The molecule has 5 aromatic heterocycles. The fraction of sp³-hybridized carbons (Fsp3) is 0.364. The number of aromatic nitrogens is 5. The summed E-state index contributed by atoms with van der Waals surface area (Å²) in [5.41, 5.74) is -2.19. The highest BCUT2D eigenvalue weighted by Gasteiger charge is 2.76. The van der Waals surface area contributed by atoms with Crippen LogP contribution in [0.25, 0.3) is 11.4 Å². The van der Waals surface area contributed by atoms with Crippen LogP contribution in [-0.2, 0) is 53.0 Å². The van der Waals surface area contributed by atoms with Crippen LogP contribution in [0.2, 0.25) is 0 Å². The molecule has 384 valence electrons. The number of methoxy groups -OCH3 is 2. The first kappa shape index (κ1) is 52.5. The minimum absolute atomic E-state index is 0.0199. The summed E-state index contributed by atoms with van der Waals surface area (Å²) in [7, 11) is 2.53. The first-order valence-corrected chi connectivity index (χ1v) is 23.9. The molecule has 0 radical (unpaired) electrons. The molecule has 2 aliphatic rings. The molecule has 74 heavy (non-hydrogen) atoms. The number of ether oxygens (including phenoxy) is 5. The van der Waals surface area contributed by atoms with Gasteiger partial charge in [0.2, 0.25) is 0 Å². The number of likely N-dealkylation sites (tertiary alicyclic amines) is 2. The second-order valence-corrected chi connectivity index (χ2v) is 20.3. The zero-order chi connectivity index (χ0) is 53.0. The van der Waals surface area contributed by atoms with Crippen LogP contribution < -0.4 is 0 Å². The number of carbonyl (C=O) groups excluding carboxylic acids is 4. The van der Waals surface area contributed by atoms with Crippen LogP contribution in [0.3, 0.4) is 0 Å². The van der Waals surface area contributed by atoms with Crippen LogP contribution >= 0.6 is 0 Å². The third-order valence-electron chi connectivity index (χ3n) is 12.7. The number of rotatable bonds is 15. The van der Waals surface area contributed by atoms with Crippen molar-refractivity contribution >= 4 is 29.6 Å². The van der Waals surface area contributed by atoms with Gasteiger partial charge in [0, 0.05) is 50.7 Å². The van der Waals surface area contributed by atoms with Crippen molar-refractivity contribution < 1.29 is 47.8 Å². The highest BCUT2D eigenvalue weighted by Crippen LogP contribution is 2.64. The van der Waals surface area contributed by atoms with Crippen molar-refractivity contribution in [3.8, 4) is 11.4 Å². The van der Waals surface area contributed by atoms with Crippen LogP contribution in [0.1, 0.15) is 103 Å². The predicted octanol–water partition coefficient (Wildman–Crippen LogP) is 7.87. The zero-order valence-corrected chi connectivity index (χ0v) is 42.5. The van der Waals surface area contributed by atoms with Crippen LogP contribution in [0.5, 0.6) is 0 Å². The lowest BCUT2D eigenvalue weighted by molar-refractivity contribution is -0.384. The van der Waals surface area contributed by atoms with E-state index >= 15 is 9.59 Å². The Kier molecular flexibility index (Phi) is 15.1. The molecule has 0 amide bonds. The number of nitrogens with zero attached hydrogens (tertiary/aromatic N) is 8. The average molecular weight is 1010 g/mol. The van der Waals surface area contributed by atoms with Gasteiger partial charge in [-0.05, 0) is 120 Å². The van der Waals surface area contributed by atoms with E-state index < -0.39 is 69.0 Å². The van der Waals surface area contributed by atoms with Crippen molar-refractivity contribution in [3.63, 3.8) is 0 Å². The zero-order valence-electron chi connectivity index (χ0n) is 42.5. The largest absolute Gasteiger partial charge is 0.468 e. The molecule has 2 saturated heterocycles. The third-order valence-corrected chi connectivity index (χ3v) is 12.7. The Balaban J connectivity index is 1.35. The van der Waals surface area contributed by atoms with Crippen LogP contribution in [-0.4, -0.2) is 108 Å². The quantitative estimate of drug-likeness (QED) is 0.0412. The van der Waals surface area contributed by atoms with E-state index in [-0.39, 0.29) is 49.9 Å². The monoisotopic (exact) mass is 1010 g/mol. The Hall–Kier alpha value is -7.87. The van der Waals surface area contributed by atoms with Gasteiger partial charge in [-0.3, -0.25) is 39.5 Å². The maximum absolute atomic E-state index is 15.6. The number of hydrogen-bond acceptors (Lipinski definition) is 18. The average Bonchev–Trinajstić information content (AvgIpc) is 3.38. The van der Waals surface area contributed by atoms with Crippen molar-refractivity contribution in [1.29, 1.82) is 0 Å². The number of benzene rings is 1. The first-order chi connectivity index (χ1) is 35.3. The van der Waals surface area contributed by atoms with Gasteiger partial charge in [-0.25, -0.2) is 24.5 Å². The highest BCUT2D eigenvalue weighted by atomic mass is 16.6. The molecule has 4 unspecified atom stereocenters. The van der Waals surface area contributed by atoms with E-state index in [1.54, 1.807) is 151 Å². The van der Waals surface area contributed by atoms with Gasteiger partial charge in [-0.1, -0.05) is 30.3 Å². The minimum atomic E-state index is -1.87. The van der Waals surface area contributed by atoms with Crippen molar-refractivity contribution in [2.75, 3.05) is 27.3 Å². The van der Waals surface area contributed by atoms with Crippen molar-refractivity contribution in [3.05, 3.63) is 177 Å². The van der Waals surface area contributed by atoms with E-state index in [0.717, 1.165) is 0 Å². The summed E-state index contributed by atoms with van der Waals surface area (Å²) in [4.78, 5) is 97.2. The van der Waals surface area contributed by atoms with Gasteiger partial charge in [-0.2, -0.15) is 0 Å². The highest BCUT2D eigenvalue weighted by molar-refractivity contribution is 5.89. The predicted molar refractivity (Wildman–Crippen MR) is 267 cm³/mol. The molecule has 0 aliphatic carbocycles. The van der Waals surface area contributed by atoms with Gasteiger partial charge >= 0.3 is 23.9 Å². The lowest BCUT2D eigenvalue weighted by atomic mass is 9.53. The van der Waals surface area contributed by atoms with E-state index in [9.17, 15) is 19.7 Å². The molecule has 0 N–H and O–H groups in total. The van der Waals surface area contributed by atoms with Crippen molar-refractivity contribution in [2.45, 2.75) is 90.6 Å². The Morgan fingerprint density at radius 2 is 1.11 bits per heavy atom. The summed E-state index contributed by atoms with van der Waals surface area (Å²) in [5, 5.41) is 11.7.